The smallest absolute Gasteiger partial charge is 0.417 e. The molecule has 1 aromatic carbocycles. The second kappa shape index (κ2) is 9.98. The first kappa shape index (κ1) is 26.4. The summed E-state index contributed by atoms with van der Waals surface area (Å²) in [5.74, 6) is -3.69. The van der Waals surface area contributed by atoms with Crippen molar-refractivity contribution in [2.45, 2.75) is 31.5 Å². The van der Waals surface area contributed by atoms with E-state index in [4.69, 9.17) is 4.74 Å². The molecule has 1 N–H and O–H groups in total. The Kier molecular flexibility index (Phi) is 7.11. The molecule has 0 bridgehead atoms. The van der Waals surface area contributed by atoms with Crippen molar-refractivity contribution in [3.8, 4) is 16.9 Å². The number of methoxy groups -OCH3 is 1. The number of anilines is 1. The van der Waals surface area contributed by atoms with Crippen LogP contribution in [0.3, 0.4) is 0 Å². The Labute approximate surface area is 210 Å². The summed E-state index contributed by atoms with van der Waals surface area (Å²) < 4.78 is 74.4. The standard InChI is InChI=1S/C25H26F5N5O2/c1-15-10-24(26,27)14-35(20(15)12-32-21-8-7-17(11-31-21)25(28,29)30)23(36)22-19(13-34(2)33-22)16-5-4-6-18(9-16)37-3/h4-9,11,13,15,20H,10,12,14H2,1-3H3,(H,31,32)/t15-,20-/m1/s1. The third kappa shape index (κ3) is 5.83. The molecule has 0 saturated carbocycles. The number of hydrogen-bond donors (Lipinski definition) is 1. The molecular weight excluding hydrogens is 497 g/mol. The third-order valence-electron chi connectivity index (χ3n) is 6.34. The molecule has 37 heavy (non-hydrogen) atoms. The van der Waals surface area contributed by atoms with Crippen LogP contribution in [0.4, 0.5) is 27.8 Å². The first-order chi connectivity index (χ1) is 17.4. The SMILES string of the molecule is COc1cccc(-c2cn(C)nc2C(=O)N2CC(F)(F)C[C@@H](C)[C@H]2CNc2ccc(C(F)(F)F)cn2)c1. The molecule has 4 rings (SSSR count). The largest absolute Gasteiger partial charge is 0.497 e. The van der Waals surface area contributed by atoms with Gasteiger partial charge < -0.3 is 15.0 Å². The lowest BCUT2D eigenvalue weighted by molar-refractivity contribution is -0.137. The van der Waals surface area contributed by atoms with Crippen molar-refractivity contribution in [3.63, 3.8) is 0 Å². The number of likely N-dealkylation sites (tertiary alicyclic amines) is 1. The zero-order valence-corrected chi connectivity index (χ0v) is 20.4. The molecule has 1 aliphatic rings. The van der Waals surface area contributed by atoms with Gasteiger partial charge in [-0.3, -0.25) is 9.48 Å². The van der Waals surface area contributed by atoms with Crippen LogP contribution in [0.2, 0.25) is 0 Å². The van der Waals surface area contributed by atoms with Gasteiger partial charge in [-0.05, 0) is 35.7 Å². The molecule has 1 amide bonds. The van der Waals surface area contributed by atoms with Crippen LogP contribution in [-0.4, -0.2) is 57.7 Å². The Morgan fingerprint density at radius 2 is 2.00 bits per heavy atom. The van der Waals surface area contributed by atoms with Crippen LogP contribution in [0.25, 0.3) is 11.1 Å². The molecule has 3 heterocycles. The molecule has 0 aliphatic carbocycles. The second-order valence-electron chi connectivity index (χ2n) is 9.15. The van der Waals surface area contributed by atoms with Gasteiger partial charge in [0.2, 0.25) is 0 Å². The number of ether oxygens (including phenoxy) is 1. The summed E-state index contributed by atoms with van der Waals surface area (Å²) in [7, 11) is 3.14. The fourth-order valence-electron chi connectivity index (χ4n) is 4.54. The molecule has 198 valence electrons. The van der Waals surface area contributed by atoms with Gasteiger partial charge in [-0.2, -0.15) is 18.3 Å². The van der Waals surface area contributed by atoms with Crippen molar-refractivity contribution in [3.05, 3.63) is 60.0 Å². The van der Waals surface area contributed by atoms with Crippen molar-refractivity contribution < 1.29 is 31.5 Å². The number of alkyl halides is 5. The zero-order chi connectivity index (χ0) is 27.0. The van der Waals surface area contributed by atoms with E-state index in [1.54, 1.807) is 44.4 Å². The maximum atomic E-state index is 14.6. The zero-order valence-electron chi connectivity index (χ0n) is 20.4. The van der Waals surface area contributed by atoms with Gasteiger partial charge in [0, 0.05) is 38.0 Å². The number of piperidine rings is 1. The fraction of sp³-hybridized carbons (Fsp3) is 0.400. The minimum atomic E-state index is -4.53. The molecule has 0 unspecified atom stereocenters. The minimum absolute atomic E-state index is 0.0123. The Balaban J connectivity index is 1.62. The van der Waals surface area contributed by atoms with Crippen LogP contribution < -0.4 is 10.1 Å². The van der Waals surface area contributed by atoms with Crippen molar-refractivity contribution in [1.82, 2.24) is 19.7 Å². The predicted octanol–water partition coefficient (Wildman–Crippen LogP) is 5.11. The van der Waals surface area contributed by atoms with E-state index >= 15 is 0 Å². The van der Waals surface area contributed by atoms with Gasteiger partial charge in [-0.15, -0.1) is 0 Å². The van der Waals surface area contributed by atoms with Crippen LogP contribution in [0.5, 0.6) is 5.75 Å². The lowest BCUT2D eigenvalue weighted by atomic mass is 9.88. The molecule has 1 fully saturated rings. The third-order valence-corrected chi connectivity index (χ3v) is 6.34. The fourth-order valence-corrected chi connectivity index (χ4v) is 4.54. The number of amides is 1. The Morgan fingerprint density at radius 1 is 1.24 bits per heavy atom. The molecule has 1 saturated heterocycles. The van der Waals surface area contributed by atoms with Crippen LogP contribution in [0.1, 0.15) is 29.4 Å². The van der Waals surface area contributed by atoms with E-state index in [0.717, 1.165) is 17.0 Å². The summed E-state index contributed by atoms with van der Waals surface area (Å²) in [4.78, 5) is 18.6. The van der Waals surface area contributed by atoms with Gasteiger partial charge in [-0.25, -0.2) is 13.8 Å². The van der Waals surface area contributed by atoms with Gasteiger partial charge >= 0.3 is 6.18 Å². The van der Waals surface area contributed by atoms with E-state index in [0.29, 0.717) is 23.1 Å². The predicted molar refractivity (Wildman–Crippen MR) is 126 cm³/mol. The summed E-state index contributed by atoms with van der Waals surface area (Å²) in [5, 5.41) is 7.17. The maximum Gasteiger partial charge on any atom is 0.417 e. The maximum absolute atomic E-state index is 14.6. The minimum Gasteiger partial charge on any atom is -0.497 e. The highest BCUT2D eigenvalue weighted by molar-refractivity contribution is 5.99. The van der Waals surface area contributed by atoms with E-state index in [1.807, 2.05) is 0 Å². The summed E-state index contributed by atoms with van der Waals surface area (Å²) in [6.45, 7) is 0.820. The molecule has 2 aromatic heterocycles. The van der Waals surface area contributed by atoms with Crippen LogP contribution >= 0.6 is 0 Å². The number of hydrogen-bond acceptors (Lipinski definition) is 5. The first-order valence-electron chi connectivity index (χ1n) is 11.5. The van der Waals surface area contributed by atoms with Gasteiger partial charge in [0.15, 0.2) is 5.69 Å². The molecule has 12 heteroatoms. The average Bonchev–Trinajstić information content (AvgIpc) is 3.23. The van der Waals surface area contributed by atoms with Gasteiger partial charge in [-0.1, -0.05) is 19.1 Å². The van der Waals surface area contributed by atoms with Crippen molar-refractivity contribution >= 4 is 11.7 Å². The topological polar surface area (TPSA) is 72.3 Å². The molecular formula is C25H26F5N5O2. The quantitative estimate of drug-likeness (QED) is 0.455. The van der Waals surface area contributed by atoms with E-state index in [9.17, 15) is 26.7 Å². The summed E-state index contributed by atoms with van der Waals surface area (Å²) in [5.41, 5.74) is 0.208. The second-order valence-corrected chi connectivity index (χ2v) is 9.15. The number of nitrogens with zero attached hydrogens (tertiary/aromatic N) is 4. The highest BCUT2D eigenvalue weighted by Crippen LogP contribution is 2.37. The molecule has 3 aromatic rings. The van der Waals surface area contributed by atoms with Gasteiger partial charge in [0.25, 0.3) is 11.8 Å². The van der Waals surface area contributed by atoms with Crippen LogP contribution in [-0.2, 0) is 13.2 Å². The number of carbonyl (C=O) groups is 1. The van der Waals surface area contributed by atoms with Crippen molar-refractivity contribution in [1.29, 1.82) is 0 Å². The van der Waals surface area contributed by atoms with Gasteiger partial charge in [0.1, 0.15) is 11.6 Å². The monoisotopic (exact) mass is 523 g/mol. The van der Waals surface area contributed by atoms with E-state index < -0.39 is 48.5 Å². The number of nitrogens with one attached hydrogen (secondary N) is 1. The van der Waals surface area contributed by atoms with E-state index in [2.05, 4.69) is 15.4 Å². The van der Waals surface area contributed by atoms with Crippen molar-refractivity contribution in [2.75, 3.05) is 25.5 Å². The number of benzene rings is 1. The van der Waals surface area contributed by atoms with E-state index in [1.165, 1.54) is 11.8 Å². The number of pyridine rings is 1. The lowest BCUT2D eigenvalue weighted by Gasteiger charge is -2.43. The molecule has 0 spiro atoms. The van der Waals surface area contributed by atoms with Crippen LogP contribution in [0.15, 0.2) is 48.8 Å². The van der Waals surface area contributed by atoms with Crippen molar-refractivity contribution in [2.24, 2.45) is 13.0 Å². The van der Waals surface area contributed by atoms with Crippen LogP contribution in [0, 0.1) is 5.92 Å². The number of rotatable bonds is 6. The average molecular weight is 524 g/mol. The molecule has 2 atom stereocenters. The number of carbonyl (C=O) groups excluding carboxylic acids is 1. The lowest BCUT2D eigenvalue weighted by Crippen LogP contribution is -2.57. The molecule has 0 radical (unpaired) electrons. The first-order valence-corrected chi connectivity index (χ1v) is 11.5. The number of aromatic nitrogens is 3. The Bertz CT molecular complexity index is 1260. The number of aryl methyl sites for hydroxylation is 1. The highest BCUT2D eigenvalue weighted by atomic mass is 19.4. The highest BCUT2D eigenvalue weighted by Gasteiger charge is 2.46. The normalized spacial score (nSPS) is 19.5. The molecule has 7 nitrogen and oxygen atoms in total. The Hall–Kier alpha value is -3.70. The van der Waals surface area contributed by atoms with E-state index in [-0.39, 0.29) is 18.1 Å². The number of halogens is 5. The van der Waals surface area contributed by atoms with Gasteiger partial charge in [0.05, 0.1) is 25.3 Å². The Morgan fingerprint density at radius 3 is 2.65 bits per heavy atom. The summed E-state index contributed by atoms with van der Waals surface area (Å²) in [6.07, 6.45) is -2.64. The summed E-state index contributed by atoms with van der Waals surface area (Å²) >= 11 is 0. The molecule has 1 aliphatic heterocycles. The summed E-state index contributed by atoms with van der Waals surface area (Å²) in [6, 6.07) is 8.33.